The Kier molecular flexibility index (Phi) is 3.94. The minimum atomic E-state index is -0.261. The monoisotopic (exact) mass is 325 g/mol. The number of imidazole rings is 1. The maximum Gasteiger partial charge on any atom is 0.230 e. The third kappa shape index (κ3) is 2.86. The molecule has 1 N–H and O–H groups in total. The number of tetrazole rings is 1. The second-order valence-corrected chi connectivity index (χ2v) is 6.05. The number of rotatable bonds is 4. The summed E-state index contributed by atoms with van der Waals surface area (Å²) in [6.45, 7) is 1.34. The maximum absolute atomic E-state index is 12.5. The third-order valence-corrected chi connectivity index (χ3v) is 4.39. The summed E-state index contributed by atoms with van der Waals surface area (Å²) >= 11 is 0. The number of carbonyl (C=O) groups is 1. The topological polar surface area (TPSA) is 90.0 Å². The van der Waals surface area contributed by atoms with E-state index in [2.05, 4.69) is 25.8 Å². The van der Waals surface area contributed by atoms with Crippen molar-refractivity contribution < 1.29 is 4.79 Å². The van der Waals surface area contributed by atoms with Gasteiger partial charge in [-0.25, -0.2) is 9.67 Å². The van der Waals surface area contributed by atoms with E-state index >= 15 is 0 Å². The van der Waals surface area contributed by atoms with Crippen LogP contribution in [0, 0.1) is 0 Å². The number of fused-ring (bicyclic) bond motifs is 2. The first-order chi connectivity index (χ1) is 11.8. The van der Waals surface area contributed by atoms with Crippen LogP contribution in [0.2, 0.25) is 0 Å². The first-order valence-electron chi connectivity index (χ1n) is 8.27. The van der Waals surface area contributed by atoms with Crippen molar-refractivity contribution in [2.45, 2.75) is 38.1 Å². The highest BCUT2D eigenvalue weighted by Gasteiger charge is 2.28. The van der Waals surface area contributed by atoms with Crippen molar-refractivity contribution in [1.82, 2.24) is 34.9 Å². The Balaban J connectivity index is 1.38. The highest BCUT2D eigenvalue weighted by Crippen LogP contribution is 2.23. The predicted molar refractivity (Wildman–Crippen MR) is 86.3 cm³/mol. The van der Waals surface area contributed by atoms with E-state index in [-0.39, 0.29) is 11.8 Å². The van der Waals surface area contributed by atoms with Gasteiger partial charge >= 0.3 is 0 Å². The van der Waals surface area contributed by atoms with Gasteiger partial charge in [0.05, 0.1) is 11.6 Å². The molecule has 1 amide bonds. The van der Waals surface area contributed by atoms with Crippen LogP contribution in [0.4, 0.5) is 0 Å². The van der Waals surface area contributed by atoms with Crippen molar-refractivity contribution in [3.63, 3.8) is 0 Å². The lowest BCUT2D eigenvalue weighted by Crippen LogP contribution is -2.32. The Labute approximate surface area is 138 Å². The van der Waals surface area contributed by atoms with Gasteiger partial charge in [0.15, 0.2) is 5.82 Å². The summed E-state index contributed by atoms with van der Waals surface area (Å²) in [6.07, 6.45) is 7.45. The Morgan fingerprint density at radius 1 is 1.33 bits per heavy atom. The zero-order valence-electron chi connectivity index (χ0n) is 13.3. The zero-order valence-corrected chi connectivity index (χ0v) is 13.3. The molecular weight excluding hydrogens is 306 g/mol. The van der Waals surface area contributed by atoms with E-state index in [1.807, 2.05) is 35.0 Å². The van der Waals surface area contributed by atoms with Gasteiger partial charge in [-0.1, -0.05) is 12.5 Å². The standard InChI is InChI=1S/C16H19N7O/c24-16(13-5-1-4-10-23-15(13)19-20-21-23)17-8-7-12-11-22-9-3-2-6-14(22)18-12/h2-3,6,9,11,13H,1,4-5,7-8,10H2,(H,17,24). The fourth-order valence-corrected chi connectivity index (χ4v) is 3.15. The molecule has 8 nitrogen and oxygen atoms in total. The third-order valence-electron chi connectivity index (χ3n) is 4.39. The number of nitrogens with one attached hydrogen (secondary N) is 1. The molecule has 0 radical (unpaired) electrons. The van der Waals surface area contributed by atoms with Crippen LogP contribution in [0.5, 0.6) is 0 Å². The number of aryl methyl sites for hydroxylation is 1. The SMILES string of the molecule is O=C(NCCc1cn2ccccc2n1)C1CCCCn2nnnc21. The van der Waals surface area contributed by atoms with Crippen molar-refractivity contribution in [1.29, 1.82) is 0 Å². The lowest BCUT2D eigenvalue weighted by Gasteiger charge is -2.12. The molecule has 8 heteroatoms. The van der Waals surface area contributed by atoms with E-state index in [4.69, 9.17) is 0 Å². The highest BCUT2D eigenvalue weighted by atomic mass is 16.1. The molecule has 0 aromatic carbocycles. The lowest BCUT2D eigenvalue weighted by molar-refractivity contribution is -0.122. The molecule has 0 bridgehead atoms. The Bertz CT molecular complexity index is 820. The highest BCUT2D eigenvalue weighted by molar-refractivity contribution is 5.82. The van der Waals surface area contributed by atoms with Gasteiger partial charge in [0.1, 0.15) is 5.65 Å². The van der Waals surface area contributed by atoms with Crippen LogP contribution in [-0.2, 0) is 17.8 Å². The minimum Gasteiger partial charge on any atom is -0.355 e. The molecule has 0 fully saturated rings. The number of aromatic nitrogens is 6. The molecular formula is C16H19N7O. The van der Waals surface area contributed by atoms with Gasteiger partial charge in [0.25, 0.3) is 0 Å². The predicted octanol–water partition coefficient (Wildman–Crippen LogP) is 0.947. The Hall–Kier alpha value is -2.77. The first kappa shape index (κ1) is 14.8. The average Bonchev–Trinajstić information content (AvgIpc) is 3.16. The Morgan fingerprint density at radius 2 is 2.29 bits per heavy atom. The van der Waals surface area contributed by atoms with E-state index < -0.39 is 0 Å². The normalized spacial score (nSPS) is 17.4. The van der Waals surface area contributed by atoms with Crippen molar-refractivity contribution in [3.8, 4) is 0 Å². The lowest BCUT2D eigenvalue weighted by atomic mass is 10.0. The van der Waals surface area contributed by atoms with Crippen molar-refractivity contribution in [2.75, 3.05) is 6.54 Å². The van der Waals surface area contributed by atoms with Crippen LogP contribution in [0.15, 0.2) is 30.6 Å². The van der Waals surface area contributed by atoms with Gasteiger partial charge in [0, 0.05) is 31.9 Å². The molecule has 24 heavy (non-hydrogen) atoms. The second-order valence-electron chi connectivity index (χ2n) is 6.05. The molecule has 1 unspecified atom stereocenters. The Morgan fingerprint density at radius 3 is 3.21 bits per heavy atom. The van der Waals surface area contributed by atoms with E-state index in [0.717, 1.165) is 37.1 Å². The average molecular weight is 325 g/mol. The molecule has 1 atom stereocenters. The summed E-state index contributed by atoms with van der Waals surface area (Å²) in [5.41, 5.74) is 1.88. The summed E-state index contributed by atoms with van der Waals surface area (Å²) in [4.78, 5) is 17.1. The van der Waals surface area contributed by atoms with Crippen molar-refractivity contribution >= 4 is 11.6 Å². The number of hydrogen-bond acceptors (Lipinski definition) is 5. The van der Waals surface area contributed by atoms with Crippen LogP contribution in [0.25, 0.3) is 5.65 Å². The van der Waals surface area contributed by atoms with Crippen LogP contribution in [0.1, 0.15) is 36.7 Å². The molecule has 0 aliphatic carbocycles. The number of pyridine rings is 1. The summed E-state index contributed by atoms with van der Waals surface area (Å²) < 4.78 is 3.73. The quantitative estimate of drug-likeness (QED) is 0.771. The van der Waals surface area contributed by atoms with E-state index in [1.165, 1.54) is 0 Å². The van der Waals surface area contributed by atoms with Gasteiger partial charge in [-0.3, -0.25) is 4.79 Å². The van der Waals surface area contributed by atoms with Crippen LogP contribution in [0.3, 0.4) is 0 Å². The van der Waals surface area contributed by atoms with Crippen molar-refractivity contribution in [2.24, 2.45) is 0 Å². The number of nitrogens with zero attached hydrogens (tertiary/aromatic N) is 6. The molecule has 0 saturated carbocycles. The minimum absolute atomic E-state index is 0.00304. The van der Waals surface area contributed by atoms with Crippen LogP contribution >= 0.6 is 0 Å². The molecule has 3 aromatic rings. The van der Waals surface area contributed by atoms with E-state index in [9.17, 15) is 4.79 Å². The van der Waals surface area contributed by atoms with Gasteiger partial charge in [0.2, 0.25) is 5.91 Å². The van der Waals surface area contributed by atoms with Crippen LogP contribution < -0.4 is 5.32 Å². The smallest absolute Gasteiger partial charge is 0.230 e. The van der Waals surface area contributed by atoms with Gasteiger partial charge < -0.3 is 9.72 Å². The number of amides is 1. The fourth-order valence-electron chi connectivity index (χ4n) is 3.15. The van der Waals surface area contributed by atoms with Crippen molar-refractivity contribution in [3.05, 3.63) is 42.1 Å². The number of carbonyl (C=O) groups excluding carboxylic acids is 1. The van der Waals surface area contributed by atoms with Gasteiger partial charge in [-0.15, -0.1) is 5.10 Å². The van der Waals surface area contributed by atoms with Gasteiger partial charge in [-0.2, -0.15) is 0 Å². The second kappa shape index (κ2) is 6.38. The molecule has 0 spiro atoms. The maximum atomic E-state index is 12.5. The number of hydrogen-bond donors (Lipinski definition) is 1. The summed E-state index contributed by atoms with van der Waals surface area (Å²) in [7, 11) is 0. The zero-order chi connectivity index (χ0) is 16.4. The fraction of sp³-hybridized carbons (Fsp3) is 0.438. The summed E-state index contributed by atoms with van der Waals surface area (Å²) in [5, 5.41) is 14.7. The summed E-state index contributed by atoms with van der Waals surface area (Å²) in [5.74, 6) is 0.415. The first-order valence-corrected chi connectivity index (χ1v) is 8.27. The summed E-state index contributed by atoms with van der Waals surface area (Å²) in [6, 6.07) is 5.90. The molecule has 1 aliphatic heterocycles. The molecule has 4 heterocycles. The van der Waals surface area contributed by atoms with Gasteiger partial charge in [-0.05, 0) is 35.4 Å². The van der Waals surface area contributed by atoms with E-state index in [0.29, 0.717) is 18.8 Å². The largest absolute Gasteiger partial charge is 0.355 e. The molecule has 0 saturated heterocycles. The molecule has 3 aromatic heterocycles. The van der Waals surface area contributed by atoms with Crippen LogP contribution in [-0.4, -0.2) is 42.0 Å². The molecule has 4 rings (SSSR count). The van der Waals surface area contributed by atoms with E-state index in [1.54, 1.807) is 4.68 Å². The molecule has 1 aliphatic rings. The molecule has 124 valence electrons.